The molecule has 0 atom stereocenters. The number of nitro groups is 1. The molecule has 0 spiro atoms. The first-order valence-electron chi connectivity index (χ1n) is 10.4. The van der Waals surface area contributed by atoms with Crippen LogP contribution in [0.5, 0.6) is 17.4 Å². The van der Waals surface area contributed by atoms with E-state index in [1.165, 1.54) is 17.0 Å². The minimum atomic E-state index is -0.542. The van der Waals surface area contributed by atoms with Gasteiger partial charge < -0.3 is 9.47 Å². The highest BCUT2D eigenvalue weighted by Gasteiger charge is 2.35. The average molecular weight is 603 g/mol. The lowest BCUT2D eigenvalue weighted by atomic mass is 10.1. The molecule has 2 aromatic carbocycles. The highest BCUT2D eigenvalue weighted by atomic mass is 127. The number of amides is 2. The van der Waals surface area contributed by atoms with Gasteiger partial charge in [0.05, 0.1) is 23.0 Å². The van der Waals surface area contributed by atoms with E-state index in [0.29, 0.717) is 28.6 Å². The molecule has 9 nitrogen and oxygen atoms in total. The minimum Gasteiger partial charge on any atom is -0.490 e. The number of hydrogen-bond acceptors (Lipinski definition) is 8. The standard InChI is InChI=1S/C24H18IN3O6S/c1-2-33-20-11-16(5-9-19(20)34-22-10-8-18(13-26-22)28(31)32)12-21-23(29)27(24(30)35-21)14-15-3-6-17(25)7-4-15/h3-13H,2,14H2,1H3/b21-12-. The largest absolute Gasteiger partial charge is 0.490 e. The summed E-state index contributed by atoms with van der Waals surface area (Å²) in [5.74, 6) is 0.574. The summed E-state index contributed by atoms with van der Waals surface area (Å²) in [6, 6.07) is 15.4. The van der Waals surface area contributed by atoms with Gasteiger partial charge in [-0.15, -0.1) is 0 Å². The van der Waals surface area contributed by atoms with Crippen LogP contribution in [0, 0.1) is 13.7 Å². The fourth-order valence-electron chi connectivity index (χ4n) is 3.18. The Bertz CT molecular complexity index is 1310. The summed E-state index contributed by atoms with van der Waals surface area (Å²) in [6.45, 7) is 2.38. The number of halogens is 1. The van der Waals surface area contributed by atoms with E-state index < -0.39 is 4.92 Å². The third-order valence-electron chi connectivity index (χ3n) is 4.84. The second-order valence-electron chi connectivity index (χ2n) is 7.25. The molecular weight excluding hydrogens is 585 g/mol. The molecule has 3 aromatic rings. The fourth-order valence-corrected chi connectivity index (χ4v) is 4.38. The van der Waals surface area contributed by atoms with Crippen LogP contribution in [-0.2, 0) is 11.3 Å². The average Bonchev–Trinajstić information content (AvgIpc) is 3.10. The highest BCUT2D eigenvalue weighted by molar-refractivity contribution is 14.1. The first-order chi connectivity index (χ1) is 16.8. The normalized spacial score (nSPS) is 14.5. The second kappa shape index (κ2) is 10.9. The zero-order chi connectivity index (χ0) is 24.9. The van der Waals surface area contributed by atoms with Crippen LogP contribution in [0.2, 0.25) is 0 Å². The Hall–Kier alpha value is -3.45. The summed E-state index contributed by atoms with van der Waals surface area (Å²) in [4.78, 5) is 41.1. The number of ether oxygens (including phenoxy) is 2. The van der Waals surface area contributed by atoms with Crippen LogP contribution in [0.25, 0.3) is 6.08 Å². The minimum absolute atomic E-state index is 0.145. The quantitative estimate of drug-likeness (QED) is 0.133. The molecule has 2 heterocycles. The van der Waals surface area contributed by atoms with Crippen molar-refractivity contribution < 1.29 is 24.0 Å². The molecule has 0 radical (unpaired) electrons. The van der Waals surface area contributed by atoms with E-state index >= 15 is 0 Å². The van der Waals surface area contributed by atoms with Crippen LogP contribution >= 0.6 is 34.4 Å². The molecule has 0 N–H and O–H groups in total. The van der Waals surface area contributed by atoms with Crippen molar-refractivity contribution in [3.05, 3.63) is 90.5 Å². The molecule has 1 aliphatic rings. The van der Waals surface area contributed by atoms with E-state index in [2.05, 4.69) is 27.6 Å². The van der Waals surface area contributed by atoms with Gasteiger partial charge in [-0.2, -0.15) is 0 Å². The van der Waals surface area contributed by atoms with Gasteiger partial charge in [-0.1, -0.05) is 18.2 Å². The number of carbonyl (C=O) groups is 2. The fraction of sp³-hybridized carbons (Fsp3) is 0.125. The van der Waals surface area contributed by atoms with Crippen molar-refractivity contribution in [3.63, 3.8) is 0 Å². The zero-order valence-electron chi connectivity index (χ0n) is 18.3. The predicted octanol–water partition coefficient (Wildman–Crippen LogP) is 6.02. The third-order valence-corrected chi connectivity index (χ3v) is 6.47. The Balaban J connectivity index is 1.53. The van der Waals surface area contributed by atoms with Crippen molar-refractivity contribution >= 4 is 57.3 Å². The maximum atomic E-state index is 12.9. The molecule has 0 unspecified atom stereocenters. The lowest BCUT2D eigenvalue weighted by molar-refractivity contribution is -0.385. The molecule has 178 valence electrons. The molecule has 1 aromatic heterocycles. The number of thioether (sulfide) groups is 1. The number of rotatable bonds is 8. The van der Waals surface area contributed by atoms with Crippen molar-refractivity contribution in [1.82, 2.24) is 9.88 Å². The smallest absolute Gasteiger partial charge is 0.293 e. The topological polar surface area (TPSA) is 112 Å². The molecule has 4 rings (SSSR count). The van der Waals surface area contributed by atoms with Crippen molar-refractivity contribution in [3.8, 4) is 17.4 Å². The van der Waals surface area contributed by atoms with Crippen LogP contribution in [0.3, 0.4) is 0 Å². The Labute approximate surface area is 218 Å². The summed E-state index contributed by atoms with van der Waals surface area (Å²) in [6.07, 6.45) is 2.74. The van der Waals surface area contributed by atoms with E-state index in [4.69, 9.17) is 9.47 Å². The Kier molecular flexibility index (Phi) is 7.66. The van der Waals surface area contributed by atoms with Crippen LogP contribution in [0.15, 0.2) is 65.7 Å². The molecule has 1 saturated heterocycles. The van der Waals surface area contributed by atoms with E-state index in [1.807, 2.05) is 31.2 Å². The monoisotopic (exact) mass is 603 g/mol. The van der Waals surface area contributed by atoms with Crippen molar-refractivity contribution in [2.75, 3.05) is 6.61 Å². The maximum absolute atomic E-state index is 12.9. The Morgan fingerprint density at radius 3 is 2.54 bits per heavy atom. The predicted molar refractivity (Wildman–Crippen MR) is 139 cm³/mol. The lowest BCUT2D eigenvalue weighted by Gasteiger charge is -2.13. The van der Waals surface area contributed by atoms with Gasteiger partial charge in [-0.05, 0) is 82.7 Å². The van der Waals surface area contributed by atoms with Gasteiger partial charge in [0.15, 0.2) is 11.5 Å². The third kappa shape index (κ3) is 5.98. The number of nitrogens with zero attached hydrogens (tertiary/aromatic N) is 3. The highest BCUT2D eigenvalue weighted by Crippen LogP contribution is 2.36. The number of aromatic nitrogens is 1. The first kappa shape index (κ1) is 24.7. The summed E-state index contributed by atoms with van der Waals surface area (Å²) >= 11 is 3.09. The second-order valence-corrected chi connectivity index (χ2v) is 9.49. The van der Waals surface area contributed by atoms with Crippen LogP contribution in [0.1, 0.15) is 18.1 Å². The van der Waals surface area contributed by atoms with E-state index in [1.54, 1.807) is 24.3 Å². The lowest BCUT2D eigenvalue weighted by Crippen LogP contribution is -2.27. The van der Waals surface area contributed by atoms with Gasteiger partial charge in [0.25, 0.3) is 16.8 Å². The number of hydrogen-bond donors (Lipinski definition) is 0. The van der Waals surface area contributed by atoms with E-state index in [0.717, 1.165) is 27.1 Å². The van der Waals surface area contributed by atoms with Gasteiger partial charge >= 0.3 is 0 Å². The van der Waals surface area contributed by atoms with Crippen molar-refractivity contribution in [2.24, 2.45) is 0 Å². The van der Waals surface area contributed by atoms with Gasteiger partial charge in [0.2, 0.25) is 5.88 Å². The molecule has 1 fully saturated rings. The van der Waals surface area contributed by atoms with Gasteiger partial charge in [0.1, 0.15) is 6.20 Å². The zero-order valence-corrected chi connectivity index (χ0v) is 21.3. The number of benzene rings is 2. The van der Waals surface area contributed by atoms with E-state index in [-0.39, 0.29) is 29.3 Å². The van der Waals surface area contributed by atoms with Crippen LogP contribution in [0.4, 0.5) is 10.5 Å². The van der Waals surface area contributed by atoms with Crippen molar-refractivity contribution in [1.29, 1.82) is 0 Å². The molecule has 0 saturated carbocycles. The Morgan fingerprint density at radius 1 is 1.11 bits per heavy atom. The van der Waals surface area contributed by atoms with Crippen molar-refractivity contribution in [2.45, 2.75) is 13.5 Å². The molecule has 1 aliphatic heterocycles. The molecule has 2 amide bonds. The molecule has 0 aliphatic carbocycles. The first-order valence-corrected chi connectivity index (χ1v) is 12.3. The van der Waals surface area contributed by atoms with Gasteiger partial charge in [-0.25, -0.2) is 4.98 Å². The summed E-state index contributed by atoms with van der Waals surface area (Å²) < 4.78 is 12.5. The number of pyridine rings is 1. The Morgan fingerprint density at radius 2 is 1.89 bits per heavy atom. The van der Waals surface area contributed by atoms with E-state index in [9.17, 15) is 19.7 Å². The number of carbonyl (C=O) groups excluding carboxylic acids is 2. The van der Waals surface area contributed by atoms with Crippen LogP contribution in [-0.4, -0.2) is 32.6 Å². The molecule has 35 heavy (non-hydrogen) atoms. The summed E-state index contributed by atoms with van der Waals surface area (Å²) in [5.41, 5.74) is 1.37. The summed E-state index contributed by atoms with van der Waals surface area (Å²) in [7, 11) is 0. The van der Waals surface area contributed by atoms with Gasteiger partial charge in [-0.3, -0.25) is 24.6 Å². The SMILES string of the molecule is CCOc1cc(/C=C2\SC(=O)N(Cc3ccc(I)cc3)C2=O)ccc1Oc1ccc([N+](=O)[O-])cn1. The molecular formula is C24H18IN3O6S. The van der Waals surface area contributed by atoms with Gasteiger partial charge in [0, 0.05) is 15.7 Å². The number of imide groups is 1. The van der Waals surface area contributed by atoms with Crippen LogP contribution < -0.4 is 9.47 Å². The maximum Gasteiger partial charge on any atom is 0.293 e. The molecule has 0 bridgehead atoms. The molecule has 11 heteroatoms. The summed E-state index contributed by atoms with van der Waals surface area (Å²) in [5, 5.41) is 10.5.